The van der Waals surface area contributed by atoms with Crippen molar-refractivity contribution in [1.29, 1.82) is 0 Å². The number of carbonyl (C=O) groups excluding carboxylic acids is 4. The number of aryl methyl sites for hydroxylation is 2. The molecule has 0 radical (unpaired) electrons. The summed E-state index contributed by atoms with van der Waals surface area (Å²) in [6, 6.07) is 6.56. The van der Waals surface area contributed by atoms with Crippen molar-refractivity contribution in [1.82, 2.24) is 34.4 Å². The molecule has 0 bridgehead atoms. The Morgan fingerprint density at radius 2 is 1.17 bits per heavy atom. The van der Waals surface area contributed by atoms with Gasteiger partial charge in [-0.05, 0) is 53.7 Å². The number of hydrogen-bond donors (Lipinski definition) is 1. The first-order valence-corrected chi connectivity index (χ1v) is 15.4. The third kappa shape index (κ3) is 7.19. The van der Waals surface area contributed by atoms with Crippen molar-refractivity contribution in [3.63, 3.8) is 0 Å². The lowest BCUT2D eigenvalue weighted by Gasteiger charge is -2.34. The number of ether oxygens (including phenoxy) is 2. The second-order valence-corrected chi connectivity index (χ2v) is 13.7. The highest BCUT2D eigenvalue weighted by molar-refractivity contribution is 6.20. The lowest BCUT2D eigenvalue weighted by molar-refractivity contribution is -0.144. The summed E-state index contributed by atoms with van der Waals surface area (Å²) < 4.78 is 14.2. The minimum atomic E-state index is -0.734. The van der Waals surface area contributed by atoms with E-state index in [-0.39, 0.29) is 18.7 Å². The highest BCUT2D eigenvalue weighted by atomic mass is 16.7. The number of nitrogens with zero attached hydrogens (tertiary/aromatic N) is 7. The number of benzene rings is 1. The Bertz CT molecular complexity index is 1680. The number of fused-ring (bicyclic) bond motifs is 3. The molecule has 5 heterocycles. The smallest absolute Gasteiger partial charge is 0.410 e. The standard InChI is InChI=1S/C20H22N4O5.C12H20N4O3/c1-20(2,3)28-19(27)23-10-15-14(9-21-22(15)4)16(11-23)29-24-17(25)12-7-5-6-8-13(12)18(24)26;1-12(2,3)18-11(17)16-6-9-8(5-14-15(9)4)10(7-16)19-13/h5-9,16H,10-11H2,1-4H3;5,10H,6-7,13H2,1-4H3. The molecule has 0 saturated heterocycles. The van der Waals surface area contributed by atoms with Crippen LogP contribution in [0.25, 0.3) is 0 Å². The molecule has 1 aromatic carbocycles. The number of rotatable bonds is 3. The normalized spacial score (nSPS) is 18.9. The Kier molecular flexibility index (Phi) is 9.36. The number of imide groups is 1. The van der Waals surface area contributed by atoms with Crippen molar-refractivity contribution in [2.45, 2.75) is 78.0 Å². The van der Waals surface area contributed by atoms with Gasteiger partial charge in [0.2, 0.25) is 0 Å². The van der Waals surface area contributed by atoms with Crippen LogP contribution >= 0.6 is 0 Å². The molecule has 2 aromatic heterocycles. The Hall–Kier alpha value is -4.80. The van der Waals surface area contributed by atoms with Crippen molar-refractivity contribution in [2.24, 2.45) is 20.0 Å². The van der Waals surface area contributed by atoms with Crippen molar-refractivity contribution in [3.8, 4) is 0 Å². The summed E-state index contributed by atoms with van der Waals surface area (Å²) in [6.07, 6.45) is 1.37. The van der Waals surface area contributed by atoms with Crippen LogP contribution in [0, 0.1) is 0 Å². The average Bonchev–Trinajstić information content (AvgIpc) is 3.65. The van der Waals surface area contributed by atoms with Crippen LogP contribution in [0.3, 0.4) is 0 Å². The average molecular weight is 667 g/mol. The topological polar surface area (TPSA) is 177 Å². The van der Waals surface area contributed by atoms with Gasteiger partial charge in [-0.15, -0.1) is 5.06 Å². The van der Waals surface area contributed by atoms with Crippen molar-refractivity contribution in [3.05, 3.63) is 70.3 Å². The SMILES string of the molecule is Cn1ncc2c1CN(C(=O)OC(C)(C)C)CC2ON.Cn1ncc2c1CN(C(=O)OC(C)(C)C)CC2ON1C(=O)c2ccccc2C1=O. The molecule has 0 saturated carbocycles. The first kappa shape index (κ1) is 34.5. The minimum absolute atomic E-state index is 0.126. The zero-order valence-corrected chi connectivity index (χ0v) is 28.4. The second-order valence-electron chi connectivity index (χ2n) is 13.7. The maximum Gasteiger partial charge on any atom is 0.410 e. The third-order valence-corrected chi connectivity index (χ3v) is 7.79. The zero-order chi connectivity index (χ0) is 35.1. The molecule has 2 N–H and O–H groups in total. The minimum Gasteiger partial charge on any atom is -0.444 e. The number of carbonyl (C=O) groups is 4. The van der Waals surface area contributed by atoms with E-state index < -0.39 is 35.2 Å². The number of amides is 4. The quantitative estimate of drug-likeness (QED) is 0.320. The molecule has 4 amide bonds. The molecular weight excluding hydrogens is 624 g/mol. The summed E-state index contributed by atoms with van der Waals surface area (Å²) in [5.41, 5.74) is 2.73. The van der Waals surface area contributed by atoms with Crippen LogP contribution in [-0.4, -0.2) is 82.7 Å². The summed E-state index contributed by atoms with van der Waals surface area (Å²) in [4.78, 5) is 63.9. The number of hydroxylamine groups is 2. The molecule has 6 rings (SSSR count). The third-order valence-electron chi connectivity index (χ3n) is 7.79. The Labute approximate surface area is 278 Å². The monoisotopic (exact) mass is 666 g/mol. The predicted molar refractivity (Wildman–Crippen MR) is 168 cm³/mol. The molecule has 258 valence electrons. The molecule has 3 aliphatic rings. The van der Waals surface area contributed by atoms with E-state index in [4.69, 9.17) is 25.0 Å². The van der Waals surface area contributed by atoms with Crippen molar-refractivity contribution in [2.75, 3.05) is 13.1 Å². The number of nitrogens with two attached hydrogens (primary N) is 1. The van der Waals surface area contributed by atoms with E-state index in [9.17, 15) is 19.2 Å². The zero-order valence-electron chi connectivity index (χ0n) is 28.4. The second kappa shape index (κ2) is 13.0. The molecule has 0 aliphatic carbocycles. The molecule has 0 spiro atoms. The molecule has 16 nitrogen and oxygen atoms in total. The first-order chi connectivity index (χ1) is 22.5. The van der Waals surface area contributed by atoms with Gasteiger partial charge in [0.15, 0.2) is 0 Å². The molecule has 3 aromatic rings. The molecule has 3 aliphatic heterocycles. The van der Waals surface area contributed by atoms with Crippen LogP contribution in [0.1, 0.15) is 97.0 Å². The maximum absolute atomic E-state index is 12.7. The fourth-order valence-corrected chi connectivity index (χ4v) is 5.50. The van der Waals surface area contributed by atoms with Crippen molar-refractivity contribution < 1.29 is 38.3 Å². The molecule has 16 heteroatoms. The highest BCUT2D eigenvalue weighted by Crippen LogP contribution is 2.34. The van der Waals surface area contributed by atoms with Gasteiger partial charge in [0, 0.05) is 25.2 Å². The van der Waals surface area contributed by atoms with Gasteiger partial charge < -0.3 is 9.47 Å². The van der Waals surface area contributed by atoms with E-state index >= 15 is 0 Å². The summed E-state index contributed by atoms with van der Waals surface area (Å²) in [5.74, 6) is 4.26. The van der Waals surface area contributed by atoms with Crippen LogP contribution in [-0.2, 0) is 46.3 Å². The molecular formula is C32H42N8O8. The fourth-order valence-electron chi connectivity index (χ4n) is 5.50. The molecule has 0 fully saturated rings. The molecule has 2 atom stereocenters. The Balaban J connectivity index is 0.000000206. The van der Waals surface area contributed by atoms with Gasteiger partial charge in [0.05, 0.1) is 61.1 Å². The van der Waals surface area contributed by atoms with E-state index in [1.54, 1.807) is 78.7 Å². The van der Waals surface area contributed by atoms with Crippen LogP contribution in [0.15, 0.2) is 36.7 Å². The van der Waals surface area contributed by atoms with Crippen LogP contribution in [0.5, 0.6) is 0 Å². The Morgan fingerprint density at radius 1 is 0.750 bits per heavy atom. The van der Waals surface area contributed by atoms with Gasteiger partial charge in [0.25, 0.3) is 11.8 Å². The fraction of sp³-hybridized carbons (Fsp3) is 0.500. The van der Waals surface area contributed by atoms with Gasteiger partial charge in [-0.3, -0.25) is 38.4 Å². The van der Waals surface area contributed by atoms with E-state index in [2.05, 4.69) is 10.2 Å². The lowest BCUT2D eigenvalue weighted by atomic mass is 10.1. The predicted octanol–water partition coefficient (Wildman–Crippen LogP) is 3.54. The first-order valence-electron chi connectivity index (χ1n) is 15.4. The summed E-state index contributed by atoms with van der Waals surface area (Å²) in [7, 11) is 3.58. The van der Waals surface area contributed by atoms with Crippen LogP contribution in [0.4, 0.5) is 9.59 Å². The largest absolute Gasteiger partial charge is 0.444 e. The summed E-state index contributed by atoms with van der Waals surface area (Å²) in [6.45, 7) is 12.1. The highest BCUT2D eigenvalue weighted by Gasteiger charge is 2.42. The van der Waals surface area contributed by atoms with E-state index in [1.807, 2.05) is 27.8 Å². The maximum atomic E-state index is 12.7. The van der Waals surface area contributed by atoms with Crippen LogP contribution < -0.4 is 5.90 Å². The van der Waals surface area contributed by atoms with E-state index in [0.29, 0.717) is 30.8 Å². The van der Waals surface area contributed by atoms with E-state index in [1.165, 1.54) is 4.90 Å². The lowest BCUT2D eigenvalue weighted by Crippen LogP contribution is -2.44. The summed E-state index contributed by atoms with van der Waals surface area (Å²) >= 11 is 0. The number of hydrogen-bond acceptors (Lipinski definition) is 11. The van der Waals surface area contributed by atoms with Gasteiger partial charge in [-0.25, -0.2) is 15.5 Å². The molecule has 48 heavy (non-hydrogen) atoms. The van der Waals surface area contributed by atoms with Gasteiger partial charge >= 0.3 is 12.2 Å². The van der Waals surface area contributed by atoms with Gasteiger partial charge in [-0.2, -0.15) is 10.2 Å². The number of aromatic nitrogens is 4. The van der Waals surface area contributed by atoms with Crippen molar-refractivity contribution >= 4 is 24.0 Å². The Morgan fingerprint density at radius 3 is 1.58 bits per heavy atom. The summed E-state index contributed by atoms with van der Waals surface area (Å²) in [5, 5.41) is 9.17. The van der Waals surface area contributed by atoms with Gasteiger partial charge in [0.1, 0.15) is 23.4 Å². The van der Waals surface area contributed by atoms with Crippen LogP contribution in [0.2, 0.25) is 0 Å². The van der Waals surface area contributed by atoms with Gasteiger partial charge in [-0.1, -0.05) is 12.1 Å². The molecule has 2 unspecified atom stereocenters. The van der Waals surface area contributed by atoms with E-state index in [0.717, 1.165) is 27.6 Å².